The van der Waals surface area contributed by atoms with Crippen molar-refractivity contribution < 1.29 is 33.8 Å². The molecule has 0 aromatic carbocycles. The third kappa shape index (κ3) is 5.37. The van der Waals surface area contributed by atoms with Gasteiger partial charge in [0.1, 0.15) is 23.7 Å². The molecule has 0 saturated carbocycles. The lowest BCUT2D eigenvalue weighted by molar-refractivity contribution is -0.160. The van der Waals surface area contributed by atoms with E-state index in [9.17, 15) is 24.3 Å². The molecule has 4 rings (SSSR count). The summed E-state index contributed by atoms with van der Waals surface area (Å²) in [6.45, 7) is 11.7. The first-order chi connectivity index (χ1) is 18.3. The third-order valence-electron chi connectivity index (χ3n) is 8.13. The Labute approximate surface area is 230 Å². The molecular formula is C29H43N3O7. The van der Waals surface area contributed by atoms with Gasteiger partial charge in [-0.3, -0.25) is 19.2 Å². The fourth-order valence-electron chi connectivity index (χ4n) is 6.42. The minimum Gasteiger partial charge on any atom is -0.460 e. The molecule has 2 saturated heterocycles. The Morgan fingerprint density at radius 1 is 1.15 bits per heavy atom. The maximum Gasteiger partial charge on any atom is 0.313 e. The highest BCUT2D eigenvalue weighted by Crippen LogP contribution is 2.54. The van der Waals surface area contributed by atoms with Crippen LogP contribution in [-0.2, 0) is 28.7 Å². The zero-order valence-corrected chi connectivity index (χ0v) is 23.9. The number of hydrogen-bond donors (Lipinski definition) is 2. The molecule has 3 amide bonds. The molecule has 216 valence electrons. The number of aliphatic hydroxyl groups is 1. The van der Waals surface area contributed by atoms with Gasteiger partial charge in [0.15, 0.2) is 0 Å². The molecule has 0 aliphatic carbocycles. The van der Waals surface area contributed by atoms with Gasteiger partial charge in [-0.15, -0.1) is 0 Å². The first-order valence-corrected chi connectivity index (χ1v) is 14.1. The average molecular weight is 546 g/mol. The SMILES string of the molecule is CC(C)C[C@H](CO)N1C(=O)[C@@H]2[C@H]3C(=O)O[C@H](C)CNC(=O)CC/C=C\[C@H]3O[C@@]23C=CCN(C(C)(C)C)C(=O)[C@@H]13. The second-order valence-electron chi connectivity index (χ2n) is 12.6. The van der Waals surface area contributed by atoms with Gasteiger partial charge >= 0.3 is 5.97 Å². The maximum atomic E-state index is 14.4. The van der Waals surface area contributed by atoms with Crippen molar-refractivity contribution in [3.05, 3.63) is 24.3 Å². The van der Waals surface area contributed by atoms with E-state index >= 15 is 0 Å². The molecule has 4 aliphatic heterocycles. The van der Waals surface area contributed by atoms with Crippen LogP contribution in [0.1, 0.15) is 60.8 Å². The molecule has 1 spiro atoms. The molecule has 0 aromatic rings. The van der Waals surface area contributed by atoms with Crippen LogP contribution in [0.4, 0.5) is 0 Å². The number of aliphatic hydroxyl groups excluding tert-OH is 1. The fourth-order valence-corrected chi connectivity index (χ4v) is 6.42. The number of cyclic esters (lactones) is 1. The molecule has 0 radical (unpaired) electrons. The van der Waals surface area contributed by atoms with E-state index in [1.165, 1.54) is 4.90 Å². The zero-order chi connectivity index (χ0) is 28.7. The number of nitrogens with zero attached hydrogens (tertiary/aromatic N) is 2. The number of esters is 1. The third-order valence-corrected chi connectivity index (χ3v) is 8.13. The van der Waals surface area contributed by atoms with E-state index in [2.05, 4.69) is 5.32 Å². The van der Waals surface area contributed by atoms with Crippen LogP contribution in [0, 0.1) is 17.8 Å². The Morgan fingerprint density at radius 2 is 1.87 bits per heavy atom. The standard InChI is InChI=1S/C29H43N3O7/c1-17(2)14-19(16-33)32-24-26(36)31(28(4,5)6)13-9-12-29(24)23(25(32)35)22-20(39-29)10-7-8-11-21(34)30-15-18(3)38-27(22)37/h7,9-10,12,17-20,22-24,33H,8,11,13-16H2,1-6H3,(H,30,34)/b10-7-/t18-,19-,20-,22+,23+,24-,29+/m1/s1. The minimum absolute atomic E-state index is 0.145. The molecule has 10 nitrogen and oxygen atoms in total. The number of hydrogen-bond acceptors (Lipinski definition) is 7. The molecule has 2 N–H and O–H groups in total. The molecule has 7 atom stereocenters. The highest BCUT2D eigenvalue weighted by molar-refractivity contribution is 5.99. The normalized spacial score (nSPS) is 35.3. The largest absolute Gasteiger partial charge is 0.460 e. The molecule has 10 heteroatoms. The summed E-state index contributed by atoms with van der Waals surface area (Å²) in [6.07, 6.45) is 6.90. The number of carbonyl (C=O) groups is 4. The van der Waals surface area contributed by atoms with E-state index in [4.69, 9.17) is 9.47 Å². The number of allylic oxidation sites excluding steroid dienone is 1. The number of rotatable bonds is 4. The summed E-state index contributed by atoms with van der Waals surface area (Å²) in [5, 5.41) is 13.2. The van der Waals surface area contributed by atoms with E-state index in [0.717, 1.165) is 0 Å². The van der Waals surface area contributed by atoms with Crippen molar-refractivity contribution in [1.29, 1.82) is 0 Å². The predicted molar refractivity (Wildman–Crippen MR) is 143 cm³/mol. The molecule has 4 heterocycles. The van der Waals surface area contributed by atoms with E-state index < -0.39 is 53.2 Å². The maximum absolute atomic E-state index is 14.4. The van der Waals surface area contributed by atoms with Crippen LogP contribution >= 0.6 is 0 Å². The second-order valence-corrected chi connectivity index (χ2v) is 12.6. The Hall–Kier alpha value is -2.72. The lowest BCUT2D eigenvalue weighted by atomic mass is 9.77. The van der Waals surface area contributed by atoms with Gasteiger partial charge in [-0.25, -0.2) is 0 Å². The number of amides is 3. The van der Waals surface area contributed by atoms with Crippen molar-refractivity contribution in [2.24, 2.45) is 17.8 Å². The Balaban J connectivity index is 1.85. The number of ether oxygens (including phenoxy) is 2. The van der Waals surface area contributed by atoms with Gasteiger partial charge in [0.2, 0.25) is 17.7 Å². The van der Waals surface area contributed by atoms with Crippen LogP contribution in [0.25, 0.3) is 0 Å². The van der Waals surface area contributed by atoms with Crippen LogP contribution in [0.15, 0.2) is 24.3 Å². The molecular weight excluding hydrogens is 502 g/mol. The molecule has 4 aliphatic rings. The minimum atomic E-state index is -1.41. The van der Waals surface area contributed by atoms with E-state index in [1.807, 2.05) is 40.7 Å². The second kappa shape index (κ2) is 11.0. The number of nitrogens with one attached hydrogen (secondary N) is 1. The lowest BCUT2D eigenvalue weighted by Crippen LogP contribution is -2.60. The molecule has 0 bridgehead atoms. The highest BCUT2D eigenvalue weighted by Gasteiger charge is 2.72. The monoisotopic (exact) mass is 545 g/mol. The molecule has 0 unspecified atom stereocenters. The van der Waals surface area contributed by atoms with Crippen LogP contribution in [0.2, 0.25) is 0 Å². The average Bonchev–Trinajstić information content (AvgIpc) is 3.23. The first-order valence-electron chi connectivity index (χ1n) is 14.1. The van der Waals surface area contributed by atoms with Crippen molar-refractivity contribution in [2.45, 2.75) is 96.2 Å². The van der Waals surface area contributed by atoms with Gasteiger partial charge in [-0.05, 0) is 46.5 Å². The van der Waals surface area contributed by atoms with Gasteiger partial charge in [-0.2, -0.15) is 0 Å². The van der Waals surface area contributed by atoms with Crippen molar-refractivity contribution in [2.75, 3.05) is 19.7 Å². The van der Waals surface area contributed by atoms with Gasteiger partial charge in [0.25, 0.3) is 0 Å². The Bertz CT molecular complexity index is 1050. The lowest BCUT2D eigenvalue weighted by Gasteiger charge is -2.42. The van der Waals surface area contributed by atoms with Crippen LogP contribution < -0.4 is 5.32 Å². The van der Waals surface area contributed by atoms with Gasteiger partial charge in [0, 0.05) is 18.5 Å². The van der Waals surface area contributed by atoms with Crippen molar-refractivity contribution in [3.8, 4) is 0 Å². The highest BCUT2D eigenvalue weighted by atomic mass is 16.6. The molecule has 39 heavy (non-hydrogen) atoms. The van der Waals surface area contributed by atoms with Crippen molar-refractivity contribution in [3.63, 3.8) is 0 Å². The zero-order valence-electron chi connectivity index (χ0n) is 23.9. The smallest absolute Gasteiger partial charge is 0.313 e. The van der Waals surface area contributed by atoms with Crippen molar-refractivity contribution >= 4 is 23.7 Å². The summed E-state index contributed by atoms with van der Waals surface area (Å²) in [5.41, 5.74) is -1.94. The summed E-state index contributed by atoms with van der Waals surface area (Å²) in [5.74, 6) is -3.26. The summed E-state index contributed by atoms with van der Waals surface area (Å²) in [7, 11) is 0. The summed E-state index contributed by atoms with van der Waals surface area (Å²) < 4.78 is 12.4. The molecule has 0 aromatic heterocycles. The van der Waals surface area contributed by atoms with Gasteiger partial charge in [-0.1, -0.05) is 38.2 Å². The molecule has 2 fully saturated rings. The fraction of sp³-hybridized carbons (Fsp3) is 0.724. The van der Waals surface area contributed by atoms with Crippen molar-refractivity contribution in [1.82, 2.24) is 15.1 Å². The quantitative estimate of drug-likeness (QED) is 0.406. The number of likely N-dealkylation sites (tertiary alicyclic amines) is 1. The summed E-state index contributed by atoms with van der Waals surface area (Å²) in [4.78, 5) is 57.7. The summed E-state index contributed by atoms with van der Waals surface area (Å²) in [6, 6.07) is -1.66. The van der Waals surface area contributed by atoms with Crippen LogP contribution in [-0.4, -0.2) is 93.7 Å². The first kappa shape index (κ1) is 29.3. The van der Waals surface area contributed by atoms with Crippen LogP contribution in [0.5, 0.6) is 0 Å². The van der Waals surface area contributed by atoms with Gasteiger partial charge in [0.05, 0.1) is 31.2 Å². The van der Waals surface area contributed by atoms with Gasteiger partial charge < -0.3 is 29.7 Å². The Kier molecular flexibility index (Phi) is 8.28. The number of fused-ring (bicyclic) bond motifs is 2. The van der Waals surface area contributed by atoms with E-state index in [1.54, 1.807) is 30.1 Å². The van der Waals surface area contributed by atoms with E-state index in [0.29, 0.717) is 19.4 Å². The topological polar surface area (TPSA) is 125 Å². The van der Waals surface area contributed by atoms with Crippen LogP contribution in [0.3, 0.4) is 0 Å². The number of carbonyl (C=O) groups excluding carboxylic acids is 4. The predicted octanol–water partition coefficient (Wildman–Crippen LogP) is 1.57. The summed E-state index contributed by atoms with van der Waals surface area (Å²) >= 11 is 0. The Morgan fingerprint density at radius 3 is 2.51 bits per heavy atom. The van der Waals surface area contributed by atoms with E-state index in [-0.39, 0.29) is 43.2 Å².